The molecule has 0 aliphatic rings. The Hall–Kier alpha value is -1.07. The minimum atomic E-state index is -0.488. The molecule has 1 amide bonds. The molecule has 1 atom stereocenters. The third kappa shape index (κ3) is 3.50. The molecule has 0 bridgehead atoms. The number of nitrogens with one attached hydrogen (secondary N) is 1. The van der Waals surface area contributed by atoms with Crippen LogP contribution in [0.5, 0.6) is 0 Å². The van der Waals surface area contributed by atoms with Crippen LogP contribution in [0.15, 0.2) is 23.4 Å². The first-order valence-corrected chi connectivity index (χ1v) is 6.36. The lowest BCUT2D eigenvalue weighted by molar-refractivity contribution is 0.0910. The predicted molar refractivity (Wildman–Crippen MR) is 64.6 cm³/mol. The van der Waals surface area contributed by atoms with Gasteiger partial charge < -0.3 is 10.4 Å². The second-order valence-electron chi connectivity index (χ2n) is 3.33. The third-order valence-electron chi connectivity index (χ3n) is 2.18. The molecule has 0 aliphatic carbocycles. The Labute approximate surface area is 99.5 Å². The normalized spacial score (nSPS) is 12.2. The molecule has 0 saturated heterocycles. The summed E-state index contributed by atoms with van der Waals surface area (Å²) in [4.78, 5) is 15.9. The highest BCUT2D eigenvalue weighted by Gasteiger charge is 2.12. The number of aliphatic hydroxyl groups is 1. The largest absolute Gasteiger partial charge is 0.391 e. The Morgan fingerprint density at radius 1 is 1.69 bits per heavy atom. The summed E-state index contributed by atoms with van der Waals surface area (Å²) < 4.78 is 0. The van der Waals surface area contributed by atoms with Gasteiger partial charge in [0.05, 0.1) is 11.7 Å². The number of aliphatic hydroxyl groups excluding tert-OH is 1. The number of hydrogen-bond acceptors (Lipinski definition) is 4. The lowest BCUT2D eigenvalue weighted by atomic mass is 10.2. The maximum absolute atomic E-state index is 11.8. The fourth-order valence-electron chi connectivity index (χ4n) is 1.18. The van der Waals surface area contributed by atoms with E-state index in [0.717, 1.165) is 0 Å². The van der Waals surface area contributed by atoms with Crippen molar-refractivity contribution in [3.8, 4) is 0 Å². The summed E-state index contributed by atoms with van der Waals surface area (Å²) in [6.07, 6.45) is 3.67. The number of pyridine rings is 1. The molecule has 2 N–H and O–H groups in total. The van der Waals surface area contributed by atoms with E-state index in [4.69, 9.17) is 0 Å². The van der Waals surface area contributed by atoms with Gasteiger partial charge in [0.2, 0.25) is 0 Å². The monoisotopic (exact) mass is 240 g/mol. The summed E-state index contributed by atoms with van der Waals surface area (Å²) in [5.74, 6) is -0.190. The number of amides is 1. The van der Waals surface area contributed by atoms with Crippen LogP contribution in [-0.4, -0.2) is 34.9 Å². The highest BCUT2D eigenvalue weighted by atomic mass is 32.2. The zero-order valence-electron chi connectivity index (χ0n) is 9.43. The quantitative estimate of drug-likeness (QED) is 0.762. The molecular formula is C11H16N2O2S. The number of hydrogen-bond donors (Lipinski definition) is 2. The van der Waals surface area contributed by atoms with Gasteiger partial charge in [-0.3, -0.25) is 4.79 Å². The van der Waals surface area contributed by atoms with E-state index in [1.807, 2.05) is 13.2 Å². The topological polar surface area (TPSA) is 62.2 Å². The van der Waals surface area contributed by atoms with Crippen molar-refractivity contribution in [3.05, 3.63) is 23.9 Å². The summed E-state index contributed by atoms with van der Waals surface area (Å²) in [7, 11) is 0. The van der Waals surface area contributed by atoms with Crippen LogP contribution in [0.3, 0.4) is 0 Å². The lowest BCUT2D eigenvalue weighted by Gasteiger charge is -2.10. The second-order valence-corrected chi connectivity index (χ2v) is 4.13. The Morgan fingerprint density at radius 2 is 2.44 bits per heavy atom. The van der Waals surface area contributed by atoms with Gasteiger partial charge in [0, 0.05) is 12.7 Å². The fraction of sp³-hybridized carbons (Fsp3) is 0.455. The molecule has 5 heteroatoms. The number of carbonyl (C=O) groups excluding carboxylic acids is 1. The van der Waals surface area contributed by atoms with Crippen molar-refractivity contribution in [2.75, 3.05) is 12.8 Å². The molecule has 1 rings (SSSR count). The molecular weight excluding hydrogens is 224 g/mol. The highest BCUT2D eigenvalue weighted by Crippen LogP contribution is 2.16. The first-order valence-electron chi connectivity index (χ1n) is 5.14. The second kappa shape index (κ2) is 6.50. The number of rotatable bonds is 5. The summed E-state index contributed by atoms with van der Waals surface area (Å²) in [6, 6.07) is 3.46. The van der Waals surface area contributed by atoms with Crippen LogP contribution in [-0.2, 0) is 0 Å². The summed E-state index contributed by atoms with van der Waals surface area (Å²) >= 11 is 1.43. The van der Waals surface area contributed by atoms with Crippen LogP contribution in [0.25, 0.3) is 0 Å². The zero-order valence-corrected chi connectivity index (χ0v) is 10.3. The van der Waals surface area contributed by atoms with Crippen molar-refractivity contribution in [2.24, 2.45) is 0 Å². The number of nitrogens with zero attached hydrogens (tertiary/aromatic N) is 1. The molecule has 0 saturated carbocycles. The van der Waals surface area contributed by atoms with Crippen LogP contribution in [0.2, 0.25) is 0 Å². The minimum Gasteiger partial charge on any atom is -0.391 e. The van der Waals surface area contributed by atoms with Crippen LogP contribution < -0.4 is 5.32 Å². The average Bonchev–Trinajstić information content (AvgIpc) is 2.35. The summed E-state index contributed by atoms with van der Waals surface area (Å²) in [5.41, 5.74) is 0.554. The SMILES string of the molecule is CCC(O)CNC(=O)c1cccnc1SC. The molecule has 0 fully saturated rings. The summed E-state index contributed by atoms with van der Waals surface area (Å²) in [5, 5.41) is 12.7. The van der Waals surface area contributed by atoms with Crippen LogP contribution in [0.1, 0.15) is 23.7 Å². The van der Waals surface area contributed by atoms with Gasteiger partial charge >= 0.3 is 0 Å². The first kappa shape index (κ1) is 13.0. The highest BCUT2D eigenvalue weighted by molar-refractivity contribution is 7.98. The molecule has 1 aromatic rings. The molecule has 0 aliphatic heterocycles. The van der Waals surface area contributed by atoms with Crippen molar-refractivity contribution in [2.45, 2.75) is 24.5 Å². The molecule has 1 unspecified atom stereocenters. The van der Waals surface area contributed by atoms with Crippen LogP contribution in [0, 0.1) is 0 Å². The van der Waals surface area contributed by atoms with Crippen molar-refractivity contribution in [1.29, 1.82) is 0 Å². The Balaban J connectivity index is 2.65. The fourth-order valence-corrected chi connectivity index (χ4v) is 1.72. The number of thioether (sulfide) groups is 1. The molecule has 16 heavy (non-hydrogen) atoms. The minimum absolute atomic E-state index is 0.190. The van der Waals surface area contributed by atoms with E-state index in [-0.39, 0.29) is 12.5 Å². The van der Waals surface area contributed by atoms with Gasteiger partial charge in [-0.25, -0.2) is 4.98 Å². The Bertz CT molecular complexity index is 358. The van der Waals surface area contributed by atoms with Gasteiger partial charge in [0.15, 0.2) is 0 Å². The maximum Gasteiger partial charge on any atom is 0.254 e. The van der Waals surface area contributed by atoms with E-state index in [9.17, 15) is 9.90 Å². The van der Waals surface area contributed by atoms with Crippen LogP contribution >= 0.6 is 11.8 Å². The molecule has 88 valence electrons. The smallest absolute Gasteiger partial charge is 0.254 e. The zero-order chi connectivity index (χ0) is 12.0. The Morgan fingerprint density at radius 3 is 3.06 bits per heavy atom. The molecule has 0 radical (unpaired) electrons. The predicted octanol–water partition coefficient (Wildman–Crippen LogP) is 1.30. The standard InChI is InChI=1S/C11H16N2O2S/c1-3-8(14)7-13-10(15)9-5-4-6-12-11(9)16-2/h4-6,8,14H,3,7H2,1-2H3,(H,13,15). The first-order chi connectivity index (χ1) is 7.69. The molecule has 0 spiro atoms. The van der Waals surface area contributed by atoms with Crippen molar-refractivity contribution in [3.63, 3.8) is 0 Å². The van der Waals surface area contributed by atoms with Gasteiger partial charge in [-0.15, -0.1) is 11.8 Å². The van der Waals surface area contributed by atoms with E-state index >= 15 is 0 Å². The molecule has 0 aromatic carbocycles. The van der Waals surface area contributed by atoms with Gasteiger partial charge in [0.25, 0.3) is 5.91 Å². The third-order valence-corrected chi connectivity index (χ3v) is 2.89. The van der Waals surface area contributed by atoms with Gasteiger partial charge in [-0.1, -0.05) is 6.92 Å². The lowest BCUT2D eigenvalue weighted by Crippen LogP contribution is -2.32. The number of carbonyl (C=O) groups is 1. The van der Waals surface area contributed by atoms with Gasteiger partial charge in [-0.2, -0.15) is 0 Å². The van der Waals surface area contributed by atoms with Crippen LogP contribution in [0.4, 0.5) is 0 Å². The van der Waals surface area contributed by atoms with E-state index in [1.165, 1.54) is 11.8 Å². The number of aromatic nitrogens is 1. The van der Waals surface area contributed by atoms with E-state index in [0.29, 0.717) is 17.0 Å². The van der Waals surface area contributed by atoms with Crippen molar-refractivity contribution in [1.82, 2.24) is 10.3 Å². The van der Waals surface area contributed by atoms with Crippen molar-refractivity contribution >= 4 is 17.7 Å². The van der Waals surface area contributed by atoms with Gasteiger partial charge in [-0.05, 0) is 24.8 Å². The van der Waals surface area contributed by atoms with E-state index < -0.39 is 6.10 Å². The maximum atomic E-state index is 11.8. The average molecular weight is 240 g/mol. The summed E-state index contributed by atoms with van der Waals surface area (Å²) in [6.45, 7) is 2.15. The van der Waals surface area contributed by atoms with E-state index in [2.05, 4.69) is 10.3 Å². The van der Waals surface area contributed by atoms with Gasteiger partial charge in [0.1, 0.15) is 5.03 Å². The Kier molecular flexibility index (Phi) is 5.28. The van der Waals surface area contributed by atoms with E-state index in [1.54, 1.807) is 18.3 Å². The molecule has 1 heterocycles. The molecule has 4 nitrogen and oxygen atoms in total. The van der Waals surface area contributed by atoms with Crippen molar-refractivity contribution < 1.29 is 9.90 Å². The molecule has 1 aromatic heterocycles.